The molecular weight excluding hydrogens is 458 g/mol. The van der Waals surface area contributed by atoms with Gasteiger partial charge in [-0.05, 0) is 43.0 Å². The van der Waals surface area contributed by atoms with Gasteiger partial charge in [-0.15, -0.1) is 0 Å². The Morgan fingerprint density at radius 1 is 1.06 bits per heavy atom. The second-order valence-electron chi connectivity index (χ2n) is 8.99. The molecule has 10 nitrogen and oxygen atoms in total. The lowest BCUT2D eigenvalue weighted by molar-refractivity contribution is -0.121. The van der Waals surface area contributed by atoms with Crippen molar-refractivity contribution in [3.8, 4) is 0 Å². The number of hydrogen-bond acceptors (Lipinski definition) is 8. The van der Waals surface area contributed by atoms with E-state index in [4.69, 9.17) is 10.5 Å². The lowest BCUT2D eigenvalue weighted by atomic mass is 10.1. The smallest absolute Gasteiger partial charge is 0.240 e. The van der Waals surface area contributed by atoms with Crippen LogP contribution in [0, 0.1) is 0 Å². The van der Waals surface area contributed by atoms with Crippen LogP contribution in [0.25, 0.3) is 0 Å². The molecule has 3 heterocycles. The number of piperidine rings is 1. The highest BCUT2D eigenvalue weighted by molar-refractivity contribution is 6.03. The van der Waals surface area contributed by atoms with Gasteiger partial charge in [-0.25, -0.2) is 9.97 Å². The van der Waals surface area contributed by atoms with Gasteiger partial charge in [0.15, 0.2) is 0 Å². The molecule has 2 saturated heterocycles. The van der Waals surface area contributed by atoms with Gasteiger partial charge in [-0.2, -0.15) is 4.98 Å². The Kier molecular flexibility index (Phi) is 7.03. The zero-order chi connectivity index (χ0) is 24.9. The molecule has 0 spiro atoms. The quantitative estimate of drug-likeness (QED) is 0.497. The molecule has 0 radical (unpaired) electrons. The summed E-state index contributed by atoms with van der Waals surface area (Å²) in [5, 5.41) is 3.19. The SMILES string of the molecule is NC(=O)[C@@H]1CCC(=O)N1c1cccc(Nc2ncnc(N3CCC(OCc4ccccc4)CC3)n2)c1. The van der Waals surface area contributed by atoms with Crippen molar-refractivity contribution < 1.29 is 14.3 Å². The van der Waals surface area contributed by atoms with Crippen molar-refractivity contribution in [1.29, 1.82) is 0 Å². The summed E-state index contributed by atoms with van der Waals surface area (Å²) >= 11 is 0. The number of hydrogen-bond donors (Lipinski definition) is 2. The summed E-state index contributed by atoms with van der Waals surface area (Å²) in [6, 6.07) is 16.8. The van der Waals surface area contributed by atoms with Crippen LogP contribution >= 0.6 is 0 Å². The first-order chi connectivity index (χ1) is 17.6. The van der Waals surface area contributed by atoms with Gasteiger partial charge in [0.05, 0.1) is 12.7 Å². The number of nitrogens with zero attached hydrogens (tertiary/aromatic N) is 5. The molecule has 2 amide bonds. The molecule has 2 fully saturated rings. The fraction of sp³-hybridized carbons (Fsp3) is 0.346. The van der Waals surface area contributed by atoms with E-state index in [0.29, 0.717) is 42.7 Å². The predicted molar refractivity (Wildman–Crippen MR) is 136 cm³/mol. The van der Waals surface area contributed by atoms with Crippen LogP contribution in [-0.2, 0) is 20.9 Å². The Morgan fingerprint density at radius 3 is 2.64 bits per heavy atom. The van der Waals surface area contributed by atoms with Gasteiger partial charge in [0.25, 0.3) is 0 Å². The summed E-state index contributed by atoms with van der Waals surface area (Å²) in [7, 11) is 0. The maximum atomic E-state index is 12.4. The molecule has 2 aromatic carbocycles. The topological polar surface area (TPSA) is 127 Å². The number of nitrogens with one attached hydrogen (secondary N) is 1. The van der Waals surface area contributed by atoms with Gasteiger partial charge in [0, 0.05) is 30.9 Å². The Labute approximate surface area is 209 Å². The van der Waals surface area contributed by atoms with Crippen molar-refractivity contribution in [2.75, 3.05) is 28.2 Å². The van der Waals surface area contributed by atoms with Gasteiger partial charge in [-0.3, -0.25) is 14.5 Å². The molecule has 10 heteroatoms. The van der Waals surface area contributed by atoms with Crippen molar-refractivity contribution in [2.24, 2.45) is 5.73 Å². The van der Waals surface area contributed by atoms with Crippen molar-refractivity contribution >= 4 is 35.1 Å². The first-order valence-corrected chi connectivity index (χ1v) is 12.1. The highest BCUT2D eigenvalue weighted by Crippen LogP contribution is 2.29. The number of aromatic nitrogens is 3. The Morgan fingerprint density at radius 2 is 1.86 bits per heavy atom. The number of nitrogens with two attached hydrogens (primary N) is 1. The average Bonchev–Trinajstić information content (AvgIpc) is 3.30. The van der Waals surface area contributed by atoms with Crippen LogP contribution in [0.2, 0.25) is 0 Å². The number of rotatable bonds is 8. The van der Waals surface area contributed by atoms with Crippen LogP contribution in [0.4, 0.5) is 23.3 Å². The van der Waals surface area contributed by atoms with Crippen LogP contribution in [0.15, 0.2) is 60.9 Å². The Bertz CT molecular complexity index is 1210. The molecule has 0 unspecified atom stereocenters. The zero-order valence-corrected chi connectivity index (χ0v) is 19.9. The zero-order valence-electron chi connectivity index (χ0n) is 19.9. The van der Waals surface area contributed by atoms with E-state index in [1.807, 2.05) is 30.3 Å². The minimum atomic E-state index is -0.629. The van der Waals surface area contributed by atoms with Crippen molar-refractivity contribution in [1.82, 2.24) is 15.0 Å². The number of amides is 2. The van der Waals surface area contributed by atoms with Gasteiger partial charge < -0.3 is 20.7 Å². The monoisotopic (exact) mass is 487 g/mol. The van der Waals surface area contributed by atoms with Crippen LogP contribution in [-0.4, -0.2) is 52.0 Å². The number of primary amides is 1. The molecule has 36 heavy (non-hydrogen) atoms. The second kappa shape index (κ2) is 10.7. The summed E-state index contributed by atoms with van der Waals surface area (Å²) < 4.78 is 6.09. The van der Waals surface area contributed by atoms with E-state index < -0.39 is 11.9 Å². The fourth-order valence-corrected chi connectivity index (χ4v) is 4.65. The number of benzene rings is 2. The highest BCUT2D eigenvalue weighted by atomic mass is 16.5. The summed E-state index contributed by atoms with van der Waals surface area (Å²) in [4.78, 5) is 41.0. The van der Waals surface area contributed by atoms with Crippen molar-refractivity contribution in [3.05, 3.63) is 66.5 Å². The van der Waals surface area contributed by atoms with Crippen LogP contribution in [0.1, 0.15) is 31.2 Å². The van der Waals surface area contributed by atoms with E-state index in [-0.39, 0.29) is 12.0 Å². The van der Waals surface area contributed by atoms with Crippen LogP contribution < -0.4 is 20.9 Å². The van der Waals surface area contributed by atoms with Gasteiger partial charge in [-0.1, -0.05) is 36.4 Å². The number of carbonyl (C=O) groups is 2. The minimum absolute atomic E-state index is 0.116. The molecule has 3 aromatic rings. The molecule has 0 saturated carbocycles. The van der Waals surface area contributed by atoms with E-state index in [2.05, 4.69) is 37.3 Å². The molecule has 2 aliphatic rings. The van der Waals surface area contributed by atoms with Gasteiger partial charge in [0.2, 0.25) is 23.7 Å². The minimum Gasteiger partial charge on any atom is -0.373 e. The third-order valence-electron chi connectivity index (χ3n) is 6.53. The third kappa shape index (κ3) is 5.44. The highest BCUT2D eigenvalue weighted by Gasteiger charge is 2.35. The molecule has 186 valence electrons. The molecule has 1 atom stereocenters. The van der Waals surface area contributed by atoms with Gasteiger partial charge >= 0.3 is 0 Å². The van der Waals surface area contributed by atoms with E-state index in [1.165, 1.54) is 16.8 Å². The molecule has 0 bridgehead atoms. The summed E-state index contributed by atoms with van der Waals surface area (Å²) in [6.45, 7) is 2.21. The normalized spacial score (nSPS) is 18.4. The summed E-state index contributed by atoms with van der Waals surface area (Å²) in [5.74, 6) is 0.387. The average molecular weight is 488 g/mol. The first-order valence-electron chi connectivity index (χ1n) is 12.1. The standard InChI is InChI=1S/C26H29N7O3/c27-24(35)22-9-10-23(34)33(22)20-8-4-7-19(15-20)30-25-28-17-29-26(31-25)32-13-11-21(12-14-32)36-16-18-5-2-1-3-6-18/h1-8,15,17,21-22H,9-14,16H2,(H2,27,35)(H,28,29,30,31)/t22-/m0/s1. The lowest BCUT2D eigenvalue weighted by Gasteiger charge is -2.32. The molecule has 2 aliphatic heterocycles. The van der Waals surface area contributed by atoms with E-state index in [0.717, 1.165) is 25.9 Å². The maximum absolute atomic E-state index is 12.4. The lowest BCUT2D eigenvalue weighted by Crippen LogP contribution is -2.42. The fourth-order valence-electron chi connectivity index (χ4n) is 4.65. The molecule has 0 aliphatic carbocycles. The largest absolute Gasteiger partial charge is 0.373 e. The number of anilines is 4. The molecule has 3 N–H and O–H groups in total. The van der Waals surface area contributed by atoms with Crippen LogP contribution in [0.3, 0.4) is 0 Å². The molecule has 1 aromatic heterocycles. The third-order valence-corrected chi connectivity index (χ3v) is 6.53. The van der Waals surface area contributed by atoms with Crippen molar-refractivity contribution in [2.45, 2.75) is 44.4 Å². The number of carbonyl (C=O) groups excluding carboxylic acids is 2. The maximum Gasteiger partial charge on any atom is 0.240 e. The van der Waals surface area contributed by atoms with E-state index in [9.17, 15) is 9.59 Å². The van der Waals surface area contributed by atoms with E-state index in [1.54, 1.807) is 12.1 Å². The second-order valence-corrected chi connectivity index (χ2v) is 8.99. The summed E-state index contributed by atoms with van der Waals surface area (Å²) in [6.07, 6.45) is 4.22. The summed E-state index contributed by atoms with van der Waals surface area (Å²) in [5.41, 5.74) is 7.98. The number of ether oxygens (including phenoxy) is 1. The van der Waals surface area contributed by atoms with Crippen LogP contribution in [0.5, 0.6) is 0 Å². The Hall–Kier alpha value is -4.05. The molecular formula is C26H29N7O3. The van der Waals surface area contributed by atoms with Crippen molar-refractivity contribution in [3.63, 3.8) is 0 Å². The Balaban J connectivity index is 1.20. The van der Waals surface area contributed by atoms with Gasteiger partial charge in [0.1, 0.15) is 12.4 Å². The van der Waals surface area contributed by atoms with E-state index >= 15 is 0 Å². The first kappa shape index (κ1) is 23.7. The predicted octanol–water partition coefficient (Wildman–Crippen LogP) is 2.78. The molecule has 5 rings (SSSR count).